The molecule has 1 heterocycles. The van der Waals surface area contributed by atoms with E-state index in [4.69, 9.17) is 0 Å². The van der Waals surface area contributed by atoms with Crippen LogP contribution >= 0.6 is 0 Å². The lowest BCUT2D eigenvalue weighted by atomic mass is 10.2. The molecular weight excluding hydrogens is 292 g/mol. The van der Waals surface area contributed by atoms with Crippen molar-refractivity contribution in [1.82, 2.24) is 25.6 Å². The summed E-state index contributed by atoms with van der Waals surface area (Å²) >= 11 is 0. The molecule has 0 unspecified atom stereocenters. The molecule has 1 aromatic rings. The fourth-order valence-electron chi connectivity index (χ4n) is 1.99. The number of carbonyl (C=O) groups excluding carboxylic acids is 1. The normalized spacial score (nSPS) is 15.9. The van der Waals surface area contributed by atoms with E-state index in [1.165, 1.54) is 6.33 Å². The van der Waals surface area contributed by atoms with Crippen LogP contribution in [0.5, 0.6) is 0 Å². The zero-order valence-corrected chi connectivity index (χ0v) is 13.5. The molecule has 0 spiro atoms. The molecule has 0 aromatic carbocycles. The number of aromatic nitrogens is 3. The van der Waals surface area contributed by atoms with Crippen molar-refractivity contribution in [2.45, 2.75) is 39.5 Å². The van der Waals surface area contributed by atoms with E-state index in [2.05, 4.69) is 30.6 Å². The van der Waals surface area contributed by atoms with E-state index < -0.39 is 0 Å². The molecule has 23 heavy (non-hydrogen) atoms. The molecule has 0 fully saturated rings. The minimum atomic E-state index is -0.187. The van der Waals surface area contributed by atoms with Crippen LogP contribution in [0, 0.1) is 0 Å². The lowest BCUT2D eigenvalue weighted by Crippen LogP contribution is -2.34. The highest BCUT2D eigenvalue weighted by molar-refractivity contribution is 5.97. The largest absolute Gasteiger partial charge is 0.338 e. The number of hydrogen-bond acceptors (Lipinski definition) is 5. The third-order valence-electron chi connectivity index (χ3n) is 3.18. The molecule has 0 saturated carbocycles. The highest BCUT2D eigenvalue weighted by Crippen LogP contribution is 2.11. The van der Waals surface area contributed by atoms with Gasteiger partial charge in [-0.2, -0.15) is 9.97 Å². The van der Waals surface area contributed by atoms with Crippen LogP contribution in [0.2, 0.25) is 0 Å². The minimum Gasteiger partial charge on any atom is -0.338 e. The fourth-order valence-corrected chi connectivity index (χ4v) is 1.99. The second-order valence-corrected chi connectivity index (χ2v) is 5.07. The third-order valence-corrected chi connectivity index (χ3v) is 3.18. The average molecular weight is 314 g/mol. The summed E-state index contributed by atoms with van der Waals surface area (Å²) < 4.78 is 0. The van der Waals surface area contributed by atoms with E-state index in [-0.39, 0.29) is 6.03 Å². The maximum absolute atomic E-state index is 11.7. The van der Waals surface area contributed by atoms with Crippen molar-refractivity contribution >= 4 is 17.7 Å². The molecule has 0 radical (unpaired) electrons. The van der Waals surface area contributed by atoms with E-state index >= 15 is 0 Å². The van der Waals surface area contributed by atoms with Gasteiger partial charge in [0.25, 0.3) is 5.95 Å². The second kappa shape index (κ2) is 8.77. The van der Waals surface area contributed by atoms with Gasteiger partial charge in [-0.15, -0.1) is 0 Å². The highest BCUT2D eigenvalue weighted by Gasteiger charge is 2.06. The molecule has 2 amide bonds. The average Bonchev–Trinajstić information content (AvgIpc) is 2.78. The maximum atomic E-state index is 11.7. The Kier molecular flexibility index (Phi) is 6.40. The first-order chi connectivity index (χ1) is 11.2. The molecule has 2 N–H and O–H groups in total. The van der Waals surface area contributed by atoms with Gasteiger partial charge in [0.15, 0.2) is 0 Å². The Morgan fingerprint density at radius 3 is 2.96 bits per heavy atom. The predicted octanol–water partition coefficient (Wildman–Crippen LogP) is 2.45. The van der Waals surface area contributed by atoms with Crippen LogP contribution < -0.4 is 10.6 Å². The molecule has 0 bridgehead atoms. The Hall–Kier alpha value is -2.57. The number of aryl methyl sites for hydroxylation is 1. The van der Waals surface area contributed by atoms with Gasteiger partial charge in [0.05, 0.1) is 0 Å². The maximum Gasteiger partial charge on any atom is 0.319 e. The summed E-state index contributed by atoms with van der Waals surface area (Å²) in [5.41, 5.74) is 1.65. The number of nitrogens with zero attached hydrogens (tertiary/aromatic N) is 4. The van der Waals surface area contributed by atoms with E-state index in [9.17, 15) is 4.79 Å². The van der Waals surface area contributed by atoms with Gasteiger partial charge in [0.2, 0.25) is 0 Å². The SMILES string of the molecule is CCCNC(=O)NC1=CCCC(=Nc2ncnc(CC)n2)C=C1. The third kappa shape index (κ3) is 5.61. The first kappa shape index (κ1) is 16.8. The first-order valence-corrected chi connectivity index (χ1v) is 7.89. The van der Waals surface area contributed by atoms with Crippen molar-refractivity contribution in [2.24, 2.45) is 4.99 Å². The Morgan fingerprint density at radius 1 is 1.30 bits per heavy atom. The van der Waals surface area contributed by atoms with Gasteiger partial charge in [0, 0.05) is 24.4 Å². The molecule has 1 aliphatic rings. The van der Waals surface area contributed by atoms with Gasteiger partial charge in [-0.25, -0.2) is 14.8 Å². The van der Waals surface area contributed by atoms with Gasteiger partial charge < -0.3 is 10.6 Å². The number of carbonyl (C=O) groups is 1. The zero-order valence-electron chi connectivity index (χ0n) is 13.5. The lowest BCUT2D eigenvalue weighted by Gasteiger charge is -2.06. The lowest BCUT2D eigenvalue weighted by molar-refractivity contribution is 0.243. The summed E-state index contributed by atoms with van der Waals surface area (Å²) in [6.07, 6.45) is 10.4. The van der Waals surface area contributed by atoms with Gasteiger partial charge in [-0.05, 0) is 31.4 Å². The Morgan fingerprint density at radius 2 is 2.17 bits per heavy atom. The Bertz CT molecular complexity index is 635. The van der Waals surface area contributed by atoms with Gasteiger partial charge in [-0.1, -0.05) is 19.9 Å². The first-order valence-electron chi connectivity index (χ1n) is 7.89. The minimum absolute atomic E-state index is 0.187. The summed E-state index contributed by atoms with van der Waals surface area (Å²) in [5, 5.41) is 5.61. The monoisotopic (exact) mass is 314 g/mol. The summed E-state index contributed by atoms with van der Waals surface area (Å²) in [5.74, 6) is 1.15. The van der Waals surface area contributed by atoms with Crippen molar-refractivity contribution in [3.8, 4) is 0 Å². The number of rotatable bonds is 5. The van der Waals surface area contributed by atoms with E-state index in [0.717, 1.165) is 42.9 Å². The van der Waals surface area contributed by atoms with Crippen LogP contribution in [0.3, 0.4) is 0 Å². The fraction of sp³-hybridized carbons (Fsp3) is 0.438. The number of aliphatic imine (C=N–C) groups is 1. The van der Waals surface area contributed by atoms with E-state index in [1.54, 1.807) is 0 Å². The van der Waals surface area contributed by atoms with Crippen LogP contribution in [0.25, 0.3) is 0 Å². The van der Waals surface area contributed by atoms with E-state index in [0.29, 0.717) is 12.5 Å². The van der Waals surface area contributed by atoms with Crippen molar-refractivity contribution in [3.05, 3.63) is 36.1 Å². The molecule has 7 heteroatoms. The number of urea groups is 1. The topological polar surface area (TPSA) is 92.2 Å². The van der Waals surface area contributed by atoms with Crippen molar-refractivity contribution in [1.29, 1.82) is 0 Å². The van der Waals surface area contributed by atoms with Gasteiger partial charge in [-0.3, -0.25) is 0 Å². The zero-order chi connectivity index (χ0) is 16.5. The molecule has 2 rings (SSSR count). The molecule has 1 aromatic heterocycles. The van der Waals surface area contributed by atoms with Crippen LogP contribution in [-0.4, -0.2) is 33.2 Å². The van der Waals surface area contributed by atoms with E-state index in [1.807, 2.05) is 32.1 Å². The molecular formula is C16H22N6O. The smallest absolute Gasteiger partial charge is 0.319 e. The standard InChI is InChI=1S/C16H22N6O/c1-3-10-17-16(23)21-13-7-5-6-12(8-9-13)20-15-19-11-18-14(4-2)22-15/h7-9,11H,3-6,10H2,1-2H3,(H2,17,21,23). The van der Waals surface area contributed by atoms with Crippen molar-refractivity contribution < 1.29 is 4.79 Å². The summed E-state index contributed by atoms with van der Waals surface area (Å²) in [6, 6.07) is -0.187. The number of amides is 2. The molecule has 0 saturated heterocycles. The molecule has 0 aliphatic heterocycles. The Labute approximate surface area is 136 Å². The van der Waals surface area contributed by atoms with Gasteiger partial charge >= 0.3 is 6.03 Å². The number of hydrogen-bond donors (Lipinski definition) is 2. The molecule has 7 nitrogen and oxygen atoms in total. The highest BCUT2D eigenvalue weighted by atomic mass is 16.2. The quantitative estimate of drug-likeness (QED) is 0.873. The van der Waals surface area contributed by atoms with Crippen LogP contribution in [0.4, 0.5) is 10.7 Å². The summed E-state index contributed by atoms with van der Waals surface area (Å²) in [6.45, 7) is 4.66. The van der Waals surface area contributed by atoms with Crippen molar-refractivity contribution in [2.75, 3.05) is 6.54 Å². The molecule has 122 valence electrons. The molecule has 0 atom stereocenters. The summed E-state index contributed by atoms with van der Waals surface area (Å²) in [4.78, 5) is 28.5. The van der Waals surface area contributed by atoms with Gasteiger partial charge in [0.1, 0.15) is 12.2 Å². The predicted molar refractivity (Wildman–Crippen MR) is 89.6 cm³/mol. The Balaban J connectivity index is 2.01. The molecule has 1 aliphatic carbocycles. The van der Waals surface area contributed by atoms with Crippen molar-refractivity contribution in [3.63, 3.8) is 0 Å². The van der Waals surface area contributed by atoms with Crippen LogP contribution in [0.15, 0.2) is 35.2 Å². The van der Waals surface area contributed by atoms with Crippen LogP contribution in [0.1, 0.15) is 38.9 Å². The summed E-state index contributed by atoms with van der Waals surface area (Å²) in [7, 11) is 0. The second-order valence-electron chi connectivity index (χ2n) is 5.07. The van der Waals surface area contributed by atoms with Crippen LogP contribution in [-0.2, 0) is 6.42 Å². The number of allylic oxidation sites excluding steroid dienone is 3. The number of nitrogens with one attached hydrogen (secondary N) is 2.